The zero-order valence-corrected chi connectivity index (χ0v) is 28.7. The van der Waals surface area contributed by atoms with Crippen molar-refractivity contribution in [3.63, 3.8) is 0 Å². The fourth-order valence-corrected chi connectivity index (χ4v) is 8.47. The van der Waals surface area contributed by atoms with Gasteiger partial charge in [-0.1, -0.05) is 101 Å². The first-order valence-electron chi connectivity index (χ1n) is 17.5. The second-order valence-corrected chi connectivity index (χ2v) is 14.1. The minimum Gasteiger partial charge on any atom is -0.456 e. The van der Waals surface area contributed by atoms with Gasteiger partial charge in [0, 0.05) is 44.8 Å². The SMILES string of the molecule is Cc1ccc(N2c3ccc(C)cc3B3c4cc(C)ccc4N(c4ccc(C)cc4-c4cccc5oc6ccccc6c45)c4cccc2c43)cc1. The normalized spacial score (nSPS) is 13.1. The second-order valence-electron chi connectivity index (χ2n) is 14.1. The van der Waals surface area contributed by atoms with Crippen molar-refractivity contribution in [3.8, 4) is 11.1 Å². The molecule has 0 saturated carbocycles. The van der Waals surface area contributed by atoms with Crippen LogP contribution in [0.3, 0.4) is 0 Å². The second kappa shape index (κ2) is 10.8. The molecule has 50 heavy (non-hydrogen) atoms. The van der Waals surface area contributed by atoms with Crippen molar-refractivity contribution in [2.45, 2.75) is 27.7 Å². The van der Waals surface area contributed by atoms with Crippen LogP contribution >= 0.6 is 0 Å². The number of furan rings is 1. The fourth-order valence-electron chi connectivity index (χ4n) is 8.47. The van der Waals surface area contributed by atoms with E-state index in [1.807, 2.05) is 6.07 Å². The van der Waals surface area contributed by atoms with Crippen LogP contribution in [-0.2, 0) is 0 Å². The van der Waals surface area contributed by atoms with E-state index in [9.17, 15) is 0 Å². The van der Waals surface area contributed by atoms with Gasteiger partial charge in [0.05, 0.1) is 5.69 Å². The molecule has 8 aromatic rings. The Hall–Kier alpha value is -6.00. The molecule has 3 heterocycles. The molecule has 2 aliphatic rings. The molecule has 1 aromatic heterocycles. The van der Waals surface area contributed by atoms with Gasteiger partial charge in [-0.3, -0.25) is 0 Å². The molecule has 3 nitrogen and oxygen atoms in total. The van der Waals surface area contributed by atoms with Crippen LogP contribution in [0.2, 0.25) is 0 Å². The Morgan fingerprint density at radius 1 is 0.440 bits per heavy atom. The number of fused-ring (bicyclic) bond motifs is 7. The van der Waals surface area contributed by atoms with E-state index < -0.39 is 0 Å². The zero-order valence-electron chi connectivity index (χ0n) is 28.7. The van der Waals surface area contributed by atoms with Crippen LogP contribution in [0, 0.1) is 27.7 Å². The van der Waals surface area contributed by atoms with Crippen molar-refractivity contribution < 1.29 is 4.42 Å². The van der Waals surface area contributed by atoms with Crippen LogP contribution < -0.4 is 26.2 Å². The number of para-hydroxylation sites is 1. The standard InChI is InChI=1S/C46H35BN2O/c1-28-15-20-32(21-16-28)48-39-23-18-30(3)26-36(39)47-37-27-31(4)19-24-40(37)49(42-12-8-11-41(48)46(42)47)38-22-17-29(2)25-35(38)33-10-7-14-44-45(33)34-9-5-6-13-43(34)50-44/h5-27H,1-4H3. The minimum atomic E-state index is 0.0964. The highest BCUT2D eigenvalue weighted by Gasteiger charge is 2.43. The first-order valence-corrected chi connectivity index (χ1v) is 17.5. The number of hydrogen-bond donors (Lipinski definition) is 0. The largest absolute Gasteiger partial charge is 0.456 e. The molecule has 0 amide bonds. The van der Waals surface area contributed by atoms with Crippen molar-refractivity contribution >= 4 is 79.2 Å². The summed E-state index contributed by atoms with van der Waals surface area (Å²) in [6.45, 7) is 8.86. The lowest BCUT2D eigenvalue weighted by Crippen LogP contribution is -2.61. The molecule has 0 saturated heterocycles. The highest BCUT2D eigenvalue weighted by Crippen LogP contribution is 2.48. The summed E-state index contributed by atoms with van der Waals surface area (Å²) in [6, 6.07) is 51.5. The van der Waals surface area contributed by atoms with Gasteiger partial charge < -0.3 is 14.2 Å². The molecular formula is C46H35BN2O. The van der Waals surface area contributed by atoms with Crippen molar-refractivity contribution in [1.82, 2.24) is 0 Å². The van der Waals surface area contributed by atoms with E-state index in [2.05, 4.69) is 171 Å². The highest BCUT2D eigenvalue weighted by atomic mass is 16.3. The first kappa shape index (κ1) is 29.0. The van der Waals surface area contributed by atoms with Crippen LogP contribution in [0.15, 0.2) is 144 Å². The van der Waals surface area contributed by atoms with Gasteiger partial charge in [0.15, 0.2) is 0 Å². The Labute approximate surface area is 293 Å². The van der Waals surface area contributed by atoms with Crippen molar-refractivity contribution in [1.29, 1.82) is 0 Å². The Morgan fingerprint density at radius 3 is 1.76 bits per heavy atom. The number of anilines is 6. The Kier molecular flexibility index (Phi) is 6.23. The summed E-state index contributed by atoms with van der Waals surface area (Å²) in [6.07, 6.45) is 0. The van der Waals surface area contributed by atoms with Crippen LogP contribution in [0.25, 0.3) is 33.1 Å². The third-order valence-electron chi connectivity index (χ3n) is 10.7. The van der Waals surface area contributed by atoms with Crippen LogP contribution in [0.5, 0.6) is 0 Å². The number of benzene rings is 7. The zero-order chi connectivity index (χ0) is 33.7. The lowest BCUT2D eigenvalue weighted by atomic mass is 9.33. The van der Waals surface area contributed by atoms with Gasteiger partial charge in [-0.05, 0) is 110 Å². The van der Waals surface area contributed by atoms with Gasteiger partial charge in [-0.2, -0.15) is 0 Å². The van der Waals surface area contributed by atoms with E-state index in [-0.39, 0.29) is 6.71 Å². The number of rotatable bonds is 3. The van der Waals surface area contributed by atoms with E-state index in [0.29, 0.717) is 0 Å². The molecule has 0 unspecified atom stereocenters. The molecule has 0 aliphatic carbocycles. The molecular weight excluding hydrogens is 607 g/mol. The lowest BCUT2D eigenvalue weighted by molar-refractivity contribution is 0.669. The minimum absolute atomic E-state index is 0.0964. The van der Waals surface area contributed by atoms with Gasteiger partial charge in [0.1, 0.15) is 11.2 Å². The Morgan fingerprint density at radius 2 is 1.02 bits per heavy atom. The van der Waals surface area contributed by atoms with Gasteiger partial charge in [-0.25, -0.2) is 0 Å². The van der Waals surface area contributed by atoms with Gasteiger partial charge in [0.2, 0.25) is 0 Å². The summed E-state index contributed by atoms with van der Waals surface area (Å²) in [5.41, 5.74) is 20.4. The average Bonchev–Trinajstić information content (AvgIpc) is 3.51. The number of hydrogen-bond acceptors (Lipinski definition) is 3. The summed E-state index contributed by atoms with van der Waals surface area (Å²) in [5.74, 6) is 0. The summed E-state index contributed by atoms with van der Waals surface area (Å²) >= 11 is 0. The van der Waals surface area contributed by atoms with Crippen molar-refractivity contribution in [2.75, 3.05) is 9.80 Å². The van der Waals surface area contributed by atoms with Crippen molar-refractivity contribution in [3.05, 3.63) is 162 Å². The van der Waals surface area contributed by atoms with E-state index in [1.165, 1.54) is 78.2 Å². The smallest absolute Gasteiger partial charge is 0.252 e. The van der Waals surface area contributed by atoms with Crippen LogP contribution in [-0.4, -0.2) is 6.71 Å². The first-order chi connectivity index (χ1) is 24.4. The highest BCUT2D eigenvalue weighted by molar-refractivity contribution is 7.00. The van der Waals surface area contributed by atoms with E-state index >= 15 is 0 Å². The quantitative estimate of drug-likeness (QED) is 0.179. The maximum Gasteiger partial charge on any atom is 0.252 e. The summed E-state index contributed by atoms with van der Waals surface area (Å²) < 4.78 is 6.39. The topological polar surface area (TPSA) is 19.6 Å². The van der Waals surface area contributed by atoms with Gasteiger partial charge in [0.25, 0.3) is 6.71 Å². The van der Waals surface area contributed by atoms with E-state index in [0.717, 1.165) is 27.6 Å². The molecule has 2 aliphatic heterocycles. The number of aryl methyl sites for hydroxylation is 4. The molecule has 0 atom stereocenters. The van der Waals surface area contributed by atoms with Crippen molar-refractivity contribution in [2.24, 2.45) is 0 Å². The molecule has 0 fully saturated rings. The summed E-state index contributed by atoms with van der Waals surface area (Å²) in [7, 11) is 0. The van der Waals surface area contributed by atoms with Crippen LogP contribution in [0.4, 0.5) is 34.1 Å². The Bertz CT molecular complexity index is 2670. The molecule has 10 rings (SSSR count). The monoisotopic (exact) mass is 642 g/mol. The van der Waals surface area contributed by atoms with Gasteiger partial charge in [-0.15, -0.1) is 0 Å². The molecule has 0 N–H and O–H groups in total. The maximum absolute atomic E-state index is 6.39. The molecule has 238 valence electrons. The molecule has 7 aromatic carbocycles. The maximum atomic E-state index is 6.39. The van der Waals surface area contributed by atoms with Gasteiger partial charge >= 0.3 is 0 Å². The summed E-state index contributed by atoms with van der Waals surface area (Å²) in [4.78, 5) is 4.99. The molecule has 0 spiro atoms. The Balaban J connectivity index is 1.29. The predicted octanol–water partition coefficient (Wildman–Crippen LogP) is 10.6. The van der Waals surface area contributed by atoms with Crippen LogP contribution in [0.1, 0.15) is 22.3 Å². The molecule has 0 bridgehead atoms. The molecule has 0 radical (unpaired) electrons. The van der Waals surface area contributed by atoms with E-state index in [1.54, 1.807) is 0 Å². The lowest BCUT2D eigenvalue weighted by Gasteiger charge is -2.44. The fraction of sp³-hybridized carbons (Fsp3) is 0.0870. The molecule has 4 heteroatoms. The third-order valence-corrected chi connectivity index (χ3v) is 10.7. The predicted molar refractivity (Wildman–Crippen MR) is 212 cm³/mol. The summed E-state index contributed by atoms with van der Waals surface area (Å²) in [5, 5.41) is 2.29. The third kappa shape index (κ3) is 4.18. The number of nitrogens with zero attached hydrogens (tertiary/aromatic N) is 2. The average molecular weight is 643 g/mol. The van der Waals surface area contributed by atoms with E-state index in [4.69, 9.17) is 4.42 Å².